The number of aliphatic hydroxyl groups is 3. The van der Waals surface area contributed by atoms with E-state index < -0.39 is 99.4 Å². The van der Waals surface area contributed by atoms with Gasteiger partial charge in [-0.05, 0) is 149 Å². The number of carboxylic acid groups (broad SMARTS) is 1. The molecule has 6 aromatic rings. The molecule has 476 valence electrons. The minimum atomic E-state index is -5.87. The maximum atomic E-state index is 12.9. The summed E-state index contributed by atoms with van der Waals surface area (Å²) in [6.45, 7) is -2.58. The molecule has 0 aliphatic carbocycles. The van der Waals surface area contributed by atoms with E-state index in [4.69, 9.17) is 45.6 Å². The van der Waals surface area contributed by atoms with Crippen molar-refractivity contribution in [2.24, 2.45) is 17.6 Å². The molecular weight excluding hydrogens is 1240 g/mol. The molecule has 0 fully saturated rings. The van der Waals surface area contributed by atoms with E-state index in [9.17, 15) is 83.7 Å². The van der Waals surface area contributed by atoms with Crippen LogP contribution in [0, 0.1) is 11.8 Å². The Morgan fingerprint density at radius 1 is 0.466 bits per heavy atom. The third-order valence-corrected chi connectivity index (χ3v) is 14.0. The Kier molecular flexibility index (Phi) is 28.8. The second kappa shape index (κ2) is 34.1. The zero-order valence-electron chi connectivity index (χ0n) is 47.3. The number of esters is 2. The maximum absolute atomic E-state index is 12.9. The number of carbonyl (C=O) groups excluding carboxylic acids is 2. The van der Waals surface area contributed by atoms with Crippen molar-refractivity contribution in [2.45, 2.75) is 113 Å². The first kappa shape index (κ1) is 74.3. The van der Waals surface area contributed by atoms with Crippen molar-refractivity contribution in [3.8, 4) is 33.4 Å². The highest BCUT2D eigenvalue weighted by atomic mass is 35.5. The fourth-order valence-electron chi connectivity index (χ4n) is 8.94. The van der Waals surface area contributed by atoms with E-state index in [1.165, 1.54) is 6.82 Å². The lowest BCUT2D eigenvalue weighted by molar-refractivity contribution is -0.294. The van der Waals surface area contributed by atoms with Crippen LogP contribution < -0.4 is 5.73 Å². The number of nitrogens with two attached hydrogens (primary N) is 1. The second-order valence-electron chi connectivity index (χ2n) is 21.1. The predicted octanol–water partition coefficient (Wildman–Crippen LogP) is 13.3. The first-order valence-electron chi connectivity index (χ1n) is 27.2. The van der Waals surface area contributed by atoms with Crippen LogP contribution in [0.15, 0.2) is 146 Å². The van der Waals surface area contributed by atoms with Crippen molar-refractivity contribution in [2.75, 3.05) is 13.2 Å². The number of benzene rings is 6. The number of carboxylic acids is 1. The molecule has 0 bridgehead atoms. The van der Waals surface area contributed by atoms with Crippen molar-refractivity contribution in [3.05, 3.63) is 177 Å². The van der Waals surface area contributed by atoms with Crippen LogP contribution in [0.2, 0.25) is 41.4 Å². The van der Waals surface area contributed by atoms with Gasteiger partial charge in [-0.25, -0.2) is 14.4 Å². The third-order valence-electron chi connectivity index (χ3n) is 13.3. The zero-order valence-corrected chi connectivity index (χ0v) is 49.5. The lowest BCUT2D eigenvalue weighted by atomic mass is 9.62. The Labute approximate surface area is 517 Å². The number of carbonyl (C=O) groups is 3. The average molecular weight is 1310 g/mol. The summed E-state index contributed by atoms with van der Waals surface area (Å²) in [6.07, 6.45) is -15.7. The smallest absolute Gasteiger partial charge is 0.456 e. The van der Waals surface area contributed by atoms with Crippen LogP contribution >= 0.6 is 34.8 Å². The van der Waals surface area contributed by atoms with Crippen LogP contribution in [0.4, 0.5) is 43.9 Å². The fourth-order valence-corrected chi connectivity index (χ4v) is 9.51. The molecule has 6 aromatic carbocycles. The van der Waals surface area contributed by atoms with Crippen molar-refractivity contribution in [1.82, 2.24) is 0 Å². The SMILES string of the molecule is CB(O)C[C@H](Cc1ccc(-c2cccc(Cl)c2)cc1)C[C@@H](O)C(=O)O.CB(O)C[C@H](Cc1ccc(-c2cccc(Cl)c2)cc1)C[C@@H](O)C(=O)OCC(F)(F)C(F)(F)F.N[C@H](Cc1ccc(-c2cccc(Cl)c2)cc1)C[C@@H](O)C(=O)OCC(F)(F)C(F)(F)F. The van der Waals surface area contributed by atoms with Gasteiger partial charge in [0, 0.05) is 21.1 Å². The molecule has 0 radical (unpaired) electrons. The molecule has 0 aliphatic rings. The lowest BCUT2D eigenvalue weighted by Crippen LogP contribution is -2.43. The summed E-state index contributed by atoms with van der Waals surface area (Å²) < 4.78 is 132. The normalized spacial score (nSPS) is 13.9. The summed E-state index contributed by atoms with van der Waals surface area (Å²) >= 11 is 18.0. The highest BCUT2D eigenvalue weighted by Gasteiger charge is 2.59. The molecule has 0 saturated carbocycles. The van der Waals surface area contributed by atoms with Gasteiger partial charge < -0.3 is 45.7 Å². The molecular formula is C61H64B2Cl3F10NO11. The molecule has 12 nitrogen and oxygen atoms in total. The summed E-state index contributed by atoms with van der Waals surface area (Å²) in [5, 5.41) is 59.4. The topological polar surface area (TPSA) is 217 Å². The number of aliphatic hydroxyl groups excluding tert-OH is 3. The van der Waals surface area contributed by atoms with Crippen LogP contribution in [0.5, 0.6) is 0 Å². The van der Waals surface area contributed by atoms with Gasteiger partial charge in [-0.1, -0.05) is 158 Å². The molecule has 27 heteroatoms. The molecule has 0 aromatic heterocycles. The van der Waals surface area contributed by atoms with Gasteiger partial charge in [-0.15, -0.1) is 0 Å². The van der Waals surface area contributed by atoms with E-state index in [0.717, 1.165) is 50.1 Å². The minimum absolute atomic E-state index is 0.108. The Hall–Kier alpha value is -6.21. The van der Waals surface area contributed by atoms with Gasteiger partial charge in [0.2, 0.25) is 0 Å². The molecule has 0 amide bonds. The van der Waals surface area contributed by atoms with E-state index in [-0.39, 0.29) is 37.9 Å². The van der Waals surface area contributed by atoms with Gasteiger partial charge in [0.1, 0.15) is 0 Å². The molecule has 0 saturated heterocycles. The maximum Gasteiger partial charge on any atom is 0.456 e. The van der Waals surface area contributed by atoms with E-state index in [1.807, 2.05) is 109 Å². The highest BCUT2D eigenvalue weighted by molar-refractivity contribution is 6.48. The summed E-state index contributed by atoms with van der Waals surface area (Å²) in [7, 11) is 0. The lowest BCUT2D eigenvalue weighted by Gasteiger charge is -2.22. The summed E-state index contributed by atoms with van der Waals surface area (Å²) in [5.74, 6) is -15.4. The van der Waals surface area contributed by atoms with Gasteiger partial charge in [-0.2, -0.15) is 43.9 Å². The largest absolute Gasteiger partial charge is 0.479 e. The Balaban J connectivity index is 0.000000285. The number of alkyl halides is 10. The summed E-state index contributed by atoms with van der Waals surface area (Å²) in [6, 6.07) is 43.9. The zero-order chi connectivity index (χ0) is 65.7. The van der Waals surface area contributed by atoms with Crippen LogP contribution in [0.3, 0.4) is 0 Å². The van der Waals surface area contributed by atoms with Gasteiger partial charge in [0.05, 0.1) is 0 Å². The Morgan fingerprint density at radius 3 is 1.05 bits per heavy atom. The first-order valence-corrected chi connectivity index (χ1v) is 28.3. The molecule has 6 atom stereocenters. The van der Waals surface area contributed by atoms with E-state index in [0.29, 0.717) is 34.2 Å². The van der Waals surface area contributed by atoms with Gasteiger partial charge in [0.25, 0.3) is 13.8 Å². The molecule has 0 spiro atoms. The quantitative estimate of drug-likeness (QED) is 0.0153. The minimum Gasteiger partial charge on any atom is -0.479 e. The van der Waals surface area contributed by atoms with Crippen LogP contribution in [-0.4, -0.2) is 124 Å². The number of rotatable bonds is 26. The van der Waals surface area contributed by atoms with Crippen LogP contribution in [0.1, 0.15) is 36.0 Å². The summed E-state index contributed by atoms with van der Waals surface area (Å²) in [4.78, 5) is 34.1. The van der Waals surface area contributed by atoms with E-state index >= 15 is 0 Å². The monoisotopic (exact) mass is 1300 g/mol. The molecule has 8 N–H and O–H groups in total. The third kappa shape index (κ3) is 25.3. The van der Waals surface area contributed by atoms with E-state index in [1.54, 1.807) is 43.2 Å². The van der Waals surface area contributed by atoms with Crippen molar-refractivity contribution >= 4 is 66.5 Å². The van der Waals surface area contributed by atoms with E-state index in [2.05, 4.69) is 9.47 Å². The Bertz CT molecular complexity index is 3150. The van der Waals surface area contributed by atoms with Gasteiger partial charge in [0.15, 0.2) is 31.5 Å². The number of hydrogen-bond acceptors (Lipinski definition) is 11. The molecule has 6 rings (SSSR count). The fraction of sp³-hybridized carbons (Fsp3) is 0.361. The number of hydrogen-bond donors (Lipinski definition) is 7. The number of aliphatic carboxylic acids is 1. The standard InChI is InChI=1S/C22H23BClF5O4.C20H19ClF5NO3.C19H22BClO4/c1-23(32)12-15(10-19(30)20(31)33-13-21(25,26)22(27,28)29)9-14-5-7-16(8-6-14)17-3-2-4-18(24)11-17;21-15-3-1-2-14(9-15)13-6-4-12(5-7-13)8-16(27)10-17(28)18(29)30-11-19(22,23)20(24,25)26;1-20(25)12-14(10-18(22)19(23)24)9-13-5-7-15(8-6-13)16-3-2-4-17(21)11-16/h2-8,11,15,19,30,32H,9-10,12-13H2,1H3;1-7,9,16-17,28H,8,10-11,27H2;2-8,11,14,18,22,25H,9-10,12H2,1H3,(H,23,24)/t15-,19-;16-,17-;14-,18-/m111/s1. The van der Waals surface area contributed by atoms with Crippen LogP contribution in [-0.2, 0) is 43.1 Å². The van der Waals surface area contributed by atoms with Crippen molar-refractivity contribution < 1.29 is 98.2 Å². The molecule has 0 heterocycles. The molecule has 0 unspecified atom stereocenters. The summed E-state index contributed by atoms with van der Waals surface area (Å²) in [5.41, 5.74) is 14.2. The predicted molar refractivity (Wildman–Crippen MR) is 317 cm³/mol. The number of ether oxygens (including phenoxy) is 2. The van der Waals surface area contributed by atoms with Crippen molar-refractivity contribution in [3.63, 3.8) is 0 Å². The van der Waals surface area contributed by atoms with Crippen molar-refractivity contribution in [1.29, 1.82) is 0 Å². The average Bonchev–Trinajstić information content (AvgIpc) is 3.57. The second-order valence-corrected chi connectivity index (χ2v) is 22.4. The number of halogens is 13. The highest BCUT2D eigenvalue weighted by Crippen LogP contribution is 2.37. The molecule has 88 heavy (non-hydrogen) atoms. The first-order chi connectivity index (χ1) is 41.0. The molecule has 0 aliphatic heterocycles. The Morgan fingerprint density at radius 2 is 0.761 bits per heavy atom. The van der Waals surface area contributed by atoms with Crippen LogP contribution in [0.25, 0.3) is 33.4 Å². The van der Waals surface area contributed by atoms with Gasteiger partial charge >= 0.3 is 42.1 Å². The van der Waals surface area contributed by atoms with Gasteiger partial charge in [-0.3, -0.25) is 0 Å².